The number of piperazine rings is 1. The molecule has 0 spiro atoms. The highest BCUT2D eigenvalue weighted by molar-refractivity contribution is 5.01. The van der Waals surface area contributed by atoms with Gasteiger partial charge in [-0.3, -0.25) is 4.90 Å². The summed E-state index contributed by atoms with van der Waals surface area (Å²) in [6, 6.07) is 1.57. The number of rotatable bonds is 4. The van der Waals surface area contributed by atoms with Gasteiger partial charge in [-0.2, -0.15) is 0 Å². The molecule has 1 N–H and O–H groups in total. The molecule has 1 aliphatic heterocycles. The van der Waals surface area contributed by atoms with Crippen LogP contribution in [0.4, 0.5) is 0 Å². The molecule has 2 fully saturated rings. The minimum absolute atomic E-state index is 0.369. The van der Waals surface area contributed by atoms with Crippen molar-refractivity contribution in [3.63, 3.8) is 0 Å². The summed E-state index contributed by atoms with van der Waals surface area (Å²) in [5, 5.41) is 3.89. The van der Waals surface area contributed by atoms with Crippen LogP contribution in [0.15, 0.2) is 0 Å². The van der Waals surface area contributed by atoms with Crippen LogP contribution in [0.3, 0.4) is 0 Å². The van der Waals surface area contributed by atoms with Gasteiger partial charge in [0, 0.05) is 30.7 Å². The van der Waals surface area contributed by atoms with Crippen LogP contribution >= 0.6 is 0 Å². The van der Waals surface area contributed by atoms with Crippen LogP contribution in [0.5, 0.6) is 0 Å². The molecule has 19 heavy (non-hydrogen) atoms. The monoisotopic (exact) mass is 266 g/mol. The molecule has 2 nitrogen and oxygen atoms in total. The van der Waals surface area contributed by atoms with Crippen molar-refractivity contribution in [3.8, 4) is 0 Å². The Morgan fingerprint density at radius 1 is 1.21 bits per heavy atom. The van der Waals surface area contributed by atoms with Crippen molar-refractivity contribution < 1.29 is 0 Å². The Labute approximate surface area is 120 Å². The van der Waals surface area contributed by atoms with Crippen LogP contribution in [0, 0.1) is 11.8 Å². The highest BCUT2D eigenvalue weighted by atomic mass is 15.3. The van der Waals surface area contributed by atoms with Crippen LogP contribution in [0.1, 0.15) is 66.7 Å². The smallest absolute Gasteiger partial charge is 0.0304 e. The molecule has 0 aromatic rings. The van der Waals surface area contributed by atoms with Gasteiger partial charge in [-0.25, -0.2) is 0 Å². The first-order valence-corrected chi connectivity index (χ1v) is 8.53. The number of hydrogen-bond acceptors (Lipinski definition) is 2. The number of hydrogen-bond donors (Lipinski definition) is 1. The third-order valence-electron chi connectivity index (χ3n) is 5.96. The molecule has 0 bridgehead atoms. The maximum atomic E-state index is 3.89. The molecule has 1 heterocycles. The lowest BCUT2D eigenvalue weighted by atomic mass is 9.84. The molecule has 0 aromatic heterocycles. The van der Waals surface area contributed by atoms with Gasteiger partial charge in [-0.05, 0) is 37.5 Å². The topological polar surface area (TPSA) is 15.3 Å². The van der Waals surface area contributed by atoms with Crippen molar-refractivity contribution in [2.45, 2.75) is 84.3 Å². The molecule has 1 saturated carbocycles. The van der Waals surface area contributed by atoms with Crippen molar-refractivity contribution >= 4 is 0 Å². The lowest BCUT2D eigenvalue weighted by molar-refractivity contribution is 0.00659. The first kappa shape index (κ1) is 15.3. The fraction of sp³-hybridized carbons (Fsp3) is 1.00. The SMILES string of the molecule is CCC1(CC)CN(C2CCCC2C)C(C(C)C)CN1. The lowest BCUT2D eigenvalue weighted by Crippen LogP contribution is -2.67. The second-order valence-corrected chi connectivity index (χ2v) is 7.33. The fourth-order valence-corrected chi connectivity index (χ4v) is 4.28. The fourth-order valence-electron chi connectivity index (χ4n) is 4.28. The molecule has 0 radical (unpaired) electrons. The lowest BCUT2D eigenvalue weighted by Gasteiger charge is -2.52. The molecular formula is C17H34N2. The maximum absolute atomic E-state index is 3.89. The maximum Gasteiger partial charge on any atom is 0.0304 e. The number of nitrogens with zero attached hydrogens (tertiary/aromatic N) is 1. The van der Waals surface area contributed by atoms with E-state index in [4.69, 9.17) is 0 Å². The van der Waals surface area contributed by atoms with E-state index in [1.807, 2.05) is 0 Å². The summed E-state index contributed by atoms with van der Waals surface area (Å²) in [5.74, 6) is 1.65. The van der Waals surface area contributed by atoms with Crippen LogP contribution < -0.4 is 5.32 Å². The Kier molecular flexibility index (Phi) is 4.94. The van der Waals surface area contributed by atoms with Crippen LogP contribution in [-0.4, -0.2) is 35.6 Å². The molecule has 1 aliphatic carbocycles. The predicted molar refractivity (Wildman–Crippen MR) is 83.5 cm³/mol. The van der Waals surface area contributed by atoms with E-state index in [0.717, 1.165) is 23.9 Å². The van der Waals surface area contributed by atoms with Gasteiger partial charge in [-0.15, -0.1) is 0 Å². The van der Waals surface area contributed by atoms with E-state index in [2.05, 4.69) is 44.8 Å². The normalized spacial score (nSPS) is 36.0. The first-order chi connectivity index (χ1) is 9.03. The Morgan fingerprint density at radius 2 is 1.89 bits per heavy atom. The van der Waals surface area contributed by atoms with Gasteiger partial charge < -0.3 is 5.32 Å². The third kappa shape index (κ3) is 3.00. The minimum Gasteiger partial charge on any atom is -0.308 e. The summed E-state index contributed by atoms with van der Waals surface area (Å²) in [4.78, 5) is 2.89. The Morgan fingerprint density at radius 3 is 2.37 bits per heavy atom. The molecule has 2 aliphatic rings. The van der Waals surface area contributed by atoms with Crippen molar-refractivity contribution in [1.29, 1.82) is 0 Å². The van der Waals surface area contributed by atoms with Gasteiger partial charge in [0.1, 0.15) is 0 Å². The van der Waals surface area contributed by atoms with Crippen molar-refractivity contribution in [2.24, 2.45) is 11.8 Å². The molecule has 112 valence electrons. The van der Waals surface area contributed by atoms with E-state index in [1.165, 1.54) is 45.2 Å². The van der Waals surface area contributed by atoms with Crippen molar-refractivity contribution in [1.82, 2.24) is 10.2 Å². The summed E-state index contributed by atoms with van der Waals surface area (Å²) >= 11 is 0. The highest BCUT2D eigenvalue weighted by Gasteiger charge is 2.42. The summed E-state index contributed by atoms with van der Waals surface area (Å²) in [7, 11) is 0. The van der Waals surface area contributed by atoms with Crippen LogP contribution in [-0.2, 0) is 0 Å². The van der Waals surface area contributed by atoms with E-state index < -0.39 is 0 Å². The van der Waals surface area contributed by atoms with Crippen LogP contribution in [0.25, 0.3) is 0 Å². The molecule has 2 heteroatoms. The zero-order chi connectivity index (χ0) is 14.0. The molecule has 3 atom stereocenters. The van der Waals surface area contributed by atoms with Gasteiger partial charge >= 0.3 is 0 Å². The summed E-state index contributed by atoms with van der Waals surface area (Å²) in [6.45, 7) is 14.4. The molecule has 2 rings (SSSR count). The van der Waals surface area contributed by atoms with Crippen molar-refractivity contribution in [2.75, 3.05) is 13.1 Å². The molecule has 0 amide bonds. The second-order valence-electron chi connectivity index (χ2n) is 7.33. The van der Waals surface area contributed by atoms with Crippen LogP contribution in [0.2, 0.25) is 0 Å². The van der Waals surface area contributed by atoms with E-state index in [-0.39, 0.29) is 0 Å². The Bertz CT molecular complexity index is 281. The first-order valence-electron chi connectivity index (χ1n) is 8.53. The summed E-state index contributed by atoms with van der Waals surface area (Å²) in [6.07, 6.45) is 6.81. The predicted octanol–water partition coefficient (Wildman–Crippen LogP) is 3.66. The Balaban J connectivity index is 2.17. The summed E-state index contributed by atoms with van der Waals surface area (Å²) < 4.78 is 0. The molecule has 1 saturated heterocycles. The third-order valence-corrected chi connectivity index (χ3v) is 5.96. The zero-order valence-corrected chi connectivity index (χ0v) is 13.7. The average molecular weight is 266 g/mol. The highest BCUT2D eigenvalue weighted by Crippen LogP contribution is 2.35. The Hall–Kier alpha value is -0.0800. The van der Waals surface area contributed by atoms with Gasteiger partial charge in [0.05, 0.1) is 0 Å². The van der Waals surface area contributed by atoms with Gasteiger partial charge in [0.2, 0.25) is 0 Å². The second kappa shape index (κ2) is 6.13. The molecular weight excluding hydrogens is 232 g/mol. The standard InChI is InChI=1S/C17H34N2/c1-6-17(7-2)12-19(15-10-8-9-14(15)5)16(11-18-17)13(3)4/h13-16,18H,6-12H2,1-5H3. The quantitative estimate of drug-likeness (QED) is 0.835. The van der Waals surface area contributed by atoms with Gasteiger partial charge in [0.25, 0.3) is 0 Å². The largest absolute Gasteiger partial charge is 0.308 e. The average Bonchev–Trinajstić information content (AvgIpc) is 2.84. The molecule has 0 aromatic carbocycles. The zero-order valence-electron chi connectivity index (χ0n) is 13.7. The van der Waals surface area contributed by atoms with Crippen molar-refractivity contribution in [3.05, 3.63) is 0 Å². The van der Waals surface area contributed by atoms with E-state index in [9.17, 15) is 0 Å². The van der Waals surface area contributed by atoms with Gasteiger partial charge in [0.15, 0.2) is 0 Å². The summed E-state index contributed by atoms with van der Waals surface area (Å²) in [5.41, 5.74) is 0.369. The minimum atomic E-state index is 0.369. The van der Waals surface area contributed by atoms with Gasteiger partial charge in [-0.1, -0.05) is 41.0 Å². The number of nitrogens with one attached hydrogen (secondary N) is 1. The van der Waals surface area contributed by atoms with E-state index >= 15 is 0 Å². The van der Waals surface area contributed by atoms with E-state index in [1.54, 1.807) is 0 Å². The van der Waals surface area contributed by atoms with E-state index in [0.29, 0.717) is 5.54 Å². The molecule has 3 unspecified atom stereocenters.